The van der Waals surface area contributed by atoms with Gasteiger partial charge in [0.1, 0.15) is 0 Å². The van der Waals surface area contributed by atoms with E-state index in [1.54, 1.807) is 0 Å². The van der Waals surface area contributed by atoms with E-state index in [4.69, 9.17) is 4.74 Å². The minimum absolute atomic E-state index is 0.183. The topological polar surface area (TPSA) is 55.4 Å². The molecule has 2 atom stereocenters. The molecule has 0 aromatic heterocycles. The van der Waals surface area contributed by atoms with E-state index in [9.17, 15) is 9.59 Å². The Morgan fingerprint density at radius 1 is 1.23 bits per heavy atom. The second kappa shape index (κ2) is 8.83. The molecule has 1 saturated carbocycles. The third-order valence-corrected chi connectivity index (χ3v) is 4.91. The summed E-state index contributed by atoms with van der Waals surface area (Å²) in [6, 6.07) is 9.88. The third kappa shape index (κ3) is 5.72. The van der Waals surface area contributed by atoms with Crippen molar-refractivity contribution >= 4 is 23.6 Å². The molecule has 120 valence electrons. The number of hydrogen-bond acceptors (Lipinski definition) is 4. The largest absolute Gasteiger partial charge is 0.455 e. The first-order valence-electron chi connectivity index (χ1n) is 7.78. The van der Waals surface area contributed by atoms with E-state index in [1.807, 2.05) is 30.3 Å². The summed E-state index contributed by atoms with van der Waals surface area (Å²) in [5.41, 5.74) is 0. The van der Waals surface area contributed by atoms with Gasteiger partial charge in [0.25, 0.3) is 5.91 Å². The lowest BCUT2D eigenvalue weighted by Gasteiger charge is -2.29. The molecule has 1 amide bonds. The zero-order chi connectivity index (χ0) is 15.8. The van der Waals surface area contributed by atoms with Crippen LogP contribution in [0.4, 0.5) is 0 Å². The van der Waals surface area contributed by atoms with Gasteiger partial charge in [-0.15, -0.1) is 11.8 Å². The van der Waals surface area contributed by atoms with Crippen LogP contribution in [-0.4, -0.2) is 30.3 Å². The highest BCUT2D eigenvalue weighted by Gasteiger charge is 2.23. The molecule has 0 radical (unpaired) electrons. The zero-order valence-corrected chi connectivity index (χ0v) is 13.7. The Balaban J connectivity index is 1.64. The van der Waals surface area contributed by atoms with Crippen LogP contribution in [0.15, 0.2) is 35.2 Å². The third-order valence-electron chi connectivity index (χ3n) is 3.92. The van der Waals surface area contributed by atoms with Crippen LogP contribution in [0.25, 0.3) is 0 Å². The van der Waals surface area contributed by atoms with Crippen molar-refractivity contribution in [3.8, 4) is 0 Å². The minimum Gasteiger partial charge on any atom is -0.455 e. The molecular formula is C17H23NO3S. The Kier molecular flexibility index (Phi) is 6.77. The van der Waals surface area contributed by atoms with Gasteiger partial charge in [-0.3, -0.25) is 9.59 Å². The van der Waals surface area contributed by atoms with Crippen molar-refractivity contribution in [1.29, 1.82) is 0 Å². The van der Waals surface area contributed by atoms with Gasteiger partial charge in [0, 0.05) is 10.9 Å². The van der Waals surface area contributed by atoms with E-state index in [-0.39, 0.29) is 30.3 Å². The summed E-state index contributed by atoms with van der Waals surface area (Å²) in [5, 5.41) is 2.97. The molecule has 5 heteroatoms. The fourth-order valence-corrected chi connectivity index (χ4v) is 3.34. The minimum atomic E-state index is -0.360. The molecule has 1 aromatic rings. The van der Waals surface area contributed by atoms with E-state index in [0.717, 1.165) is 24.2 Å². The monoisotopic (exact) mass is 321 g/mol. The molecule has 0 aliphatic heterocycles. The van der Waals surface area contributed by atoms with E-state index in [2.05, 4.69) is 12.2 Å². The molecule has 22 heavy (non-hydrogen) atoms. The molecule has 1 aliphatic rings. The molecule has 0 unspecified atom stereocenters. The summed E-state index contributed by atoms with van der Waals surface area (Å²) in [4.78, 5) is 24.5. The molecule has 1 fully saturated rings. The summed E-state index contributed by atoms with van der Waals surface area (Å²) < 4.78 is 5.03. The number of carbonyl (C=O) groups excluding carboxylic acids is 2. The average Bonchev–Trinajstić information content (AvgIpc) is 2.54. The lowest BCUT2D eigenvalue weighted by molar-refractivity contribution is -0.146. The van der Waals surface area contributed by atoms with Crippen LogP contribution in [0.2, 0.25) is 0 Å². The highest BCUT2D eigenvalue weighted by Crippen LogP contribution is 2.23. The molecule has 0 saturated heterocycles. The van der Waals surface area contributed by atoms with Crippen molar-refractivity contribution in [2.75, 3.05) is 12.4 Å². The van der Waals surface area contributed by atoms with Crippen LogP contribution in [0, 0.1) is 5.92 Å². The molecule has 1 N–H and O–H groups in total. The quantitative estimate of drug-likeness (QED) is 0.646. The molecular weight excluding hydrogens is 298 g/mol. The van der Waals surface area contributed by atoms with E-state index in [1.165, 1.54) is 18.2 Å². The molecule has 1 aromatic carbocycles. The van der Waals surface area contributed by atoms with Crippen molar-refractivity contribution in [1.82, 2.24) is 5.32 Å². The summed E-state index contributed by atoms with van der Waals surface area (Å²) >= 11 is 1.41. The highest BCUT2D eigenvalue weighted by molar-refractivity contribution is 8.00. The predicted octanol–water partition coefficient (Wildman–Crippen LogP) is 3.02. The fraction of sp³-hybridized carbons (Fsp3) is 0.529. The SMILES string of the molecule is C[C@H]1CCCC[C@H]1NC(=O)COC(=O)CSc1ccccc1. The second-order valence-electron chi connectivity index (χ2n) is 5.70. The van der Waals surface area contributed by atoms with E-state index in [0.29, 0.717) is 5.92 Å². The average molecular weight is 321 g/mol. The summed E-state index contributed by atoms with van der Waals surface area (Å²) in [5.74, 6) is 0.163. The maximum Gasteiger partial charge on any atom is 0.316 e. The van der Waals surface area contributed by atoms with Crippen LogP contribution in [0.1, 0.15) is 32.6 Å². The number of esters is 1. The first kappa shape index (κ1) is 16.9. The van der Waals surface area contributed by atoms with Crippen molar-refractivity contribution in [2.24, 2.45) is 5.92 Å². The van der Waals surface area contributed by atoms with Gasteiger partial charge < -0.3 is 10.1 Å². The molecule has 0 heterocycles. The Morgan fingerprint density at radius 3 is 2.68 bits per heavy atom. The van der Waals surface area contributed by atoms with Gasteiger partial charge in [-0.2, -0.15) is 0 Å². The number of thioether (sulfide) groups is 1. The van der Waals surface area contributed by atoms with Gasteiger partial charge in [0.15, 0.2) is 6.61 Å². The molecule has 0 spiro atoms. The van der Waals surface area contributed by atoms with Gasteiger partial charge in [-0.05, 0) is 30.9 Å². The van der Waals surface area contributed by atoms with Crippen molar-refractivity contribution in [2.45, 2.75) is 43.5 Å². The standard InChI is InChI=1S/C17H23NO3S/c1-13-7-5-6-10-15(13)18-16(19)11-21-17(20)12-22-14-8-3-2-4-9-14/h2-4,8-9,13,15H,5-7,10-12H2,1H3,(H,18,19)/t13-,15+/m0/s1. The Hall–Kier alpha value is -1.49. The number of ether oxygens (including phenoxy) is 1. The smallest absolute Gasteiger partial charge is 0.316 e. The molecule has 0 bridgehead atoms. The summed E-state index contributed by atoms with van der Waals surface area (Å²) in [7, 11) is 0. The Labute approximate surface area is 136 Å². The van der Waals surface area contributed by atoms with Gasteiger partial charge >= 0.3 is 5.97 Å². The number of nitrogens with one attached hydrogen (secondary N) is 1. The Morgan fingerprint density at radius 2 is 1.95 bits per heavy atom. The number of benzene rings is 1. The molecule has 1 aliphatic carbocycles. The zero-order valence-electron chi connectivity index (χ0n) is 12.9. The second-order valence-corrected chi connectivity index (χ2v) is 6.75. The van der Waals surface area contributed by atoms with Gasteiger partial charge in [0.2, 0.25) is 0 Å². The number of hydrogen-bond donors (Lipinski definition) is 1. The number of carbonyl (C=O) groups is 2. The van der Waals surface area contributed by atoms with E-state index < -0.39 is 0 Å². The van der Waals surface area contributed by atoms with Crippen LogP contribution in [0.5, 0.6) is 0 Å². The van der Waals surface area contributed by atoms with Crippen LogP contribution in [-0.2, 0) is 14.3 Å². The van der Waals surface area contributed by atoms with Gasteiger partial charge in [-0.25, -0.2) is 0 Å². The summed E-state index contributed by atoms with van der Waals surface area (Å²) in [6.07, 6.45) is 4.56. The lowest BCUT2D eigenvalue weighted by atomic mass is 9.86. The maximum absolute atomic E-state index is 11.8. The maximum atomic E-state index is 11.8. The van der Waals surface area contributed by atoms with E-state index >= 15 is 0 Å². The van der Waals surface area contributed by atoms with Crippen molar-refractivity contribution < 1.29 is 14.3 Å². The van der Waals surface area contributed by atoms with Crippen molar-refractivity contribution in [3.63, 3.8) is 0 Å². The number of amides is 1. The first-order valence-corrected chi connectivity index (χ1v) is 8.76. The lowest BCUT2D eigenvalue weighted by Crippen LogP contribution is -2.43. The van der Waals surface area contributed by atoms with Crippen LogP contribution in [0.3, 0.4) is 0 Å². The Bertz CT molecular complexity index is 492. The normalized spacial score (nSPS) is 21.1. The predicted molar refractivity (Wildman–Crippen MR) is 87.7 cm³/mol. The summed E-state index contributed by atoms with van der Waals surface area (Å²) in [6.45, 7) is 1.98. The molecule has 4 nitrogen and oxygen atoms in total. The van der Waals surface area contributed by atoms with Gasteiger partial charge in [0.05, 0.1) is 5.75 Å². The number of rotatable bonds is 6. The highest BCUT2D eigenvalue weighted by atomic mass is 32.2. The first-order chi connectivity index (χ1) is 10.6. The fourth-order valence-electron chi connectivity index (χ4n) is 2.63. The van der Waals surface area contributed by atoms with Crippen LogP contribution < -0.4 is 5.32 Å². The van der Waals surface area contributed by atoms with Crippen LogP contribution >= 0.6 is 11.8 Å². The molecule has 2 rings (SSSR count). The van der Waals surface area contributed by atoms with Gasteiger partial charge in [-0.1, -0.05) is 38.0 Å². The van der Waals surface area contributed by atoms with Crippen molar-refractivity contribution in [3.05, 3.63) is 30.3 Å².